The molecule has 1 heterocycles. The third-order valence-corrected chi connectivity index (χ3v) is 7.11. The van der Waals surface area contributed by atoms with Crippen molar-refractivity contribution >= 4 is 5.91 Å². The third kappa shape index (κ3) is 21.9. The number of rotatable bonds is 15. The molecule has 0 aromatic heterocycles. The molecule has 1 aliphatic heterocycles. The van der Waals surface area contributed by atoms with E-state index in [1.165, 1.54) is 103 Å². The molecule has 5 heteroatoms. The Balaban J connectivity index is 2.08. The smallest absolute Gasteiger partial charge is 0.221 e. The summed E-state index contributed by atoms with van der Waals surface area (Å²) in [6.45, 7) is 8.34. The predicted molar refractivity (Wildman–Crippen MR) is 149 cm³/mol. The number of hydrogen-bond acceptors (Lipinski definition) is 4. The Kier molecular flexibility index (Phi) is 23.5. The zero-order valence-electron chi connectivity index (χ0n) is 22.9. The minimum Gasteiger partial charge on any atom is -0.356 e. The summed E-state index contributed by atoms with van der Waals surface area (Å²) < 4.78 is 0. The van der Waals surface area contributed by atoms with Crippen LogP contribution in [0.3, 0.4) is 0 Å². The summed E-state index contributed by atoms with van der Waals surface area (Å²) in [5.41, 5.74) is 0. The van der Waals surface area contributed by atoms with Crippen LogP contribution in [0.15, 0.2) is 0 Å². The van der Waals surface area contributed by atoms with Gasteiger partial charge in [0.1, 0.15) is 0 Å². The summed E-state index contributed by atoms with van der Waals surface area (Å²) in [6.07, 6.45) is 25.9. The number of hydrogen-bond donors (Lipinski definition) is 4. The van der Waals surface area contributed by atoms with E-state index in [1.807, 2.05) is 0 Å². The van der Waals surface area contributed by atoms with Crippen molar-refractivity contribution < 1.29 is 4.79 Å². The number of nitrogens with one attached hydrogen (secondary N) is 4. The van der Waals surface area contributed by atoms with Crippen LogP contribution in [0.25, 0.3) is 0 Å². The minimum absolute atomic E-state index is 0.213. The molecule has 0 unspecified atom stereocenters. The van der Waals surface area contributed by atoms with Gasteiger partial charge in [-0.15, -0.1) is 0 Å². The van der Waals surface area contributed by atoms with E-state index in [2.05, 4.69) is 28.2 Å². The lowest BCUT2D eigenvalue weighted by atomic mass is 10.0. The first-order chi connectivity index (χ1) is 16.8. The number of amides is 1. The molecule has 0 aromatic carbocycles. The fraction of sp³-hybridized carbons (Fsp3) is 0.966. The van der Waals surface area contributed by atoms with Gasteiger partial charge in [0.15, 0.2) is 0 Å². The van der Waals surface area contributed by atoms with Gasteiger partial charge in [-0.1, -0.05) is 96.8 Å². The molecule has 0 aromatic rings. The SMILES string of the molecule is CCCCCCCCCCCCCCCC[C@H]1CC(=O)NCCCNCCCCNCCCN1. The average Bonchev–Trinajstić information content (AvgIpc) is 2.84. The van der Waals surface area contributed by atoms with Gasteiger partial charge >= 0.3 is 0 Å². The molecule has 34 heavy (non-hydrogen) atoms. The van der Waals surface area contributed by atoms with Gasteiger partial charge < -0.3 is 21.3 Å². The Hall–Kier alpha value is -0.650. The molecular formula is C29H60N4O. The second-order valence-corrected chi connectivity index (χ2v) is 10.5. The van der Waals surface area contributed by atoms with E-state index in [-0.39, 0.29) is 5.91 Å². The Morgan fingerprint density at radius 2 is 1.06 bits per heavy atom. The van der Waals surface area contributed by atoms with Gasteiger partial charge in [-0.25, -0.2) is 0 Å². The van der Waals surface area contributed by atoms with E-state index < -0.39 is 0 Å². The molecule has 1 saturated heterocycles. The summed E-state index contributed by atoms with van der Waals surface area (Å²) in [5, 5.41) is 13.8. The predicted octanol–water partition coefficient (Wildman–Crippen LogP) is 6.08. The van der Waals surface area contributed by atoms with Crippen LogP contribution in [0.1, 0.15) is 135 Å². The van der Waals surface area contributed by atoms with Crippen LogP contribution in [0.4, 0.5) is 0 Å². The van der Waals surface area contributed by atoms with Crippen molar-refractivity contribution in [3.63, 3.8) is 0 Å². The van der Waals surface area contributed by atoms with Crippen LogP contribution < -0.4 is 21.3 Å². The lowest BCUT2D eigenvalue weighted by Crippen LogP contribution is -2.37. The molecule has 0 spiro atoms. The van der Waals surface area contributed by atoms with Crippen molar-refractivity contribution in [2.75, 3.05) is 39.3 Å². The maximum Gasteiger partial charge on any atom is 0.221 e. The molecule has 1 fully saturated rings. The topological polar surface area (TPSA) is 65.2 Å². The lowest BCUT2D eigenvalue weighted by molar-refractivity contribution is -0.121. The van der Waals surface area contributed by atoms with Crippen LogP contribution in [0, 0.1) is 0 Å². The van der Waals surface area contributed by atoms with Crippen molar-refractivity contribution in [2.45, 2.75) is 141 Å². The first-order valence-corrected chi connectivity index (χ1v) is 15.2. The highest BCUT2D eigenvalue weighted by Crippen LogP contribution is 2.14. The third-order valence-electron chi connectivity index (χ3n) is 7.11. The number of unbranched alkanes of at least 4 members (excludes halogenated alkanes) is 13. The molecule has 1 atom stereocenters. The molecule has 4 N–H and O–H groups in total. The maximum absolute atomic E-state index is 12.4. The molecule has 1 amide bonds. The lowest BCUT2D eigenvalue weighted by Gasteiger charge is -2.19. The Labute approximate surface area is 212 Å². The van der Waals surface area contributed by atoms with Crippen LogP contribution in [0.2, 0.25) is 0 Å². The number of carbonyl (C=O) groups excluding carboxylic acids is 1. The van der Waals surface area contributed by atoms with Crippen molar-refractivity contribution in [3.05, 3.63) is 0 Å². The van der Waals surface area contributed by atoms with E-state index >= 15 is 0 Å². The molecule has 202 valence electrons. The van der Waals surface area contributed by atoms with Crippen LogP contribution in [-0.2, 0) is 4.79 Å². The molecule has 0 saturated carbocycles. The first-order valence-electron chi connectivity index (χ1n) is 15.2. The highest BCUT2D eigenvalue weighted by molar-refractivity contribution is 5.76. The van der Waals surface area contributed by atoms with E-state index in [4.69, 9.17) is 0 Å². The van der Waals surface area contributed by atoms with Crippen molar-refractivity contribution in [1.82, 2.24) is 21.3 Å². The van der Waals surface area contributed by atoms with Gasteiger partial charge in [0.05, 0.1) is 0 Å². The van der Waals surface area contributed by atoms with Gasteiger partial charge in [0.25, 0.3) is 0 Å². The largest absolute Gasteiger partial charge is 0.356 e. The van der Waals surface area contributed by atoms with Gasteiger partial charge in [0, 0.05) is 19.0 Å². The standard InChI is InChI=1S/C29H60N4O/c1-2-3-4-5-6-7-8-9-10-11-12-13-14-15-20-28-27-29(34)33-26-19-24-31-22-17-16-21-30-23-18-25-32-28/h28,30-32H,2-27H2,1H3,(H,33,34)/t28-/m0/s1. The summed E-state index contributed by atoms with van der Waals surface area (Å²) in [6, 6.07) is 0.325. The normalized spacial score (nSPS) is 20.0. The Morgan fingerprint density at radius 1 is 0.588 bits per heavy atom. The van der Waals surface area contributed by atoms with Crippen molar-refractivity contribution in [1.29, 1.82) is 0 Å². The van der Waals surface area contributed by atoms with E-state index in [0.717, 1.165) is 58.5 Å². The second-order valence-electron chi connectivity index (χ2n) is 10.5. The van der Waals surface area contributed by atoms with Gasteiger partial charge in [-0.05, 0) is 64.8 Å². The fourth-order valence-corrected chi connectivity index (χ4v) is 4.87. The number of carbonyl (C=O) groups is 1. The highest BCUT2D eigenvalue weighted by atomic mass is 16.1. The van der Waals surface area contributed by atoms with E-state index in [9.17, 15) is 4.79 Å². The summed E-state index contributed by atoms with van der Waals surface area (Å²) >= 11 is 0. The Morgan fingerprint density at radius 3 is 1.62 bits per heavy atom. The molecule has 1 rings (SSSR count). The summed E-state index contributed by atoms with van der Waals surface area (Å²) in [5.74, 6) is 0.213. The van der Waals surface area contributed by atoms with Crippen molar-refractivity contribution in [3.8, 4) is 0 Å². The van der Waals surface area contributed by atoms with Crippen molar-refractivity contribution in [2.24, 2.45) is 0 Å². The van der Waals surface area contributed by atoms with Crippen LogP contribution in [0.5, 0.6) is 0 Å². The molecule has 0 radical (unpaired) electrons. The molecule has 0 bridgehead atoms. The van der Waals surface area contributed by atoms with Crippen LogP contribution >= 0.6 is 0 Å². The Bertz CT molecular complexity index is 432. The molecule has 1 aliphatic rings. The summed E-state index contributed by atoms with van der Waals surface area (Å²) in [7, 11) is 0. The van der Waals surface area contributed by atoms with Gasteiger partial charge in [-0.2, -0.15) is 0 Å². The van der Waals surface area contributed by atoms with Gasteiger partial charge in [0.2, 0.25) is 5.91 Å². The molecule has 5 nitrogen and oxygen atoms in total. The maximum atomic E-state index is 12.4. The van der Waals surface area contributed by atoms with Gasteiger partial charge in [-0.3, -0.25) is 4.79 Å². The second kappa shape index (κ2) is 25.4. The van der Waals surface area contributed by atoms with E-state index in [0.29, 0.717) is 12.5 Å². The minimum atomic E-state index is 0.213. The summed E-state index contributed by atoms with van der Waals surface area (Å²) in [4.78, 5) is 12.4. The molecular weight excluding hydrogens is 420 g/mol. The highest BCUT2D eigenvalue weighted by Gasteiger charge is 2.13. The first kappa shape index (κ1) is 31.4. The average molecular weight is 481 g/mol. The molecule has 0 aliphatic carbocycles. The zero-order valence-corrected chi connectivity index (χ0v) is 22.9. The van der Waals surface area contributed by atoms with Crippen LogP contribution in [-0.4, -0.2) is 51.2 Å². The fourth-order valence-electron chi connectivity index (χ4n) is 4.87. The quantitative estimate of drug-likeness (QED) is 0.215. The monoisotopic (exact) mass is 480 g/mol. The zero-order chi connectivity index (χ0) is 24.4. The van der Waals surface area contributed by atoms with E-state index in [1.54, 1.807) is 0 Å².